The van der Waals surface area contributed by atoms with Crippen molar-refractivity contribution in [2.24, 2.45) is 0 Å². The first kappa shape index (κ1) is 24.3. The van der Waals surface area contributed by atoms with E-state index in [4.69, 9.17) is 14.9 Å². The van der Waals surface area contributed by atoms with Gasteiger partial charge in [-0.3, -0.25) is 9.59 Å². The van der Waals surface area contributed by atoms with E-state index in [-0.39, 0.29) is 37.9 Å². The molecule has 1 atom stereocenters. The van der Waals surface area contributed by atoms with Crippen molar-refractivity contribution in [2.45, 2.75) is 38.1 Å². The Balaban J connectivity index is 1.68. The highest BCUT2D eigenvalue weighted by Gasteiger charge is 2.30. The number of amides is 2. The zero-order chi connectivity index (χ0) is 23.8. The number of benzene rings is 2. The summed E-state index contributed by atoms with van der Waals surface area (Å²) in [6.45, 7) is 2.53. The van der Waals surface area contributed by atoms with Gasteiger partial charge in [0.25, 0.3) is 0 Å². The minimum absolute atomic E-state index is 0.0476. The number of carboxylic acid groups (broad SMARTS) is 1. The fraction of sp³-hybridized carbons (Fsp3) is 0.400. The highest BCUT2D eigenvalue weighted by Crippen LogP contribution is 2.44. The van der Waals surface area contributed by atoms with E-state index >= 15 is 0 Å². The van der Waals surface area contributed by atoms with Crippen LogP contribution in [0.25, 0.3) is 11.1 Å². The quantitative estimate of drug-likeness (QED) is 0.481. The van der Waals surface area contributed by atoms with E-state index in [0.29, 0.717) is 19.5 Å². The van der Waals surface area contributed by atoms with Gasteiger partial charge in [0.1, 0.15) is 12.6 Å². The van der Waals surface area contributed by atoms with Crippen LogP contribution in [0, 0.1) is 0 Å². The van der Waals surface area contributed by atoms with Crippen LogP contribution in [0.4, 0.5) is 4.79 Å². The molecular weight excluding hydrogens is 424 g/mol. The van der Waals surface area contributed by atoms with Gasteiger partial charge in [0.05, 0.1) is 0 Å². The third-order valence-corrected chi connectivity index (χ3v) is 5.86. The number of ether oxygens (including phenoxy) is 1. The lowest BCUT2D eigenvalue weighted by Crippen LogP contribution is -2.49. The van der Waals surface area contributed by atoms with Crippen molar-refractivity contribution in [3.63, 3.8) is 0 Å². The van der Waals surface area contributed by atoms with Gasteiger partial charge in [0.2, 0.25) is 5.91 Å². The number of rotatable bonds is 11. The predicted octanol–water partition coefficient (Wildman–Crippen LogP) is 2.99. The molecule has 2 aromatic rings. The Labute approximate surface area is 193 Å². The molecule has 0 fully saturated rings. The number of alkyl carbamates (subject to hydrolysis) is 1. The van der Waals surface area contributed by atoms with Crippen molar-refractivity contribution in [1.29, 1.82) is 0 Å². The van der Waals surface area contributed by atoms with Gasteiger partial charge in [0.15, 0.2) is 0 Å². The normalized spacial score (nSPS) is 13.0. The Bertz CT molecular complexity index is 947. The molecule has 0 aliphatic heterocycles. The van der Waals surface area contributed by atoms with Gasteiger partial charge in [-0.1, -0.05) is 48.5 Å². The summed E-state index contributed by atoms with van der Waals surface area (Å²) in [4.78, 5) is 38.1. The Morgan fingerprint density at radius 2 is 1.67 bits per heavy atom. The summed E-state index contributed by atoms with van der Waals surface area (Å²) in [5, 5.41) is 20.7. The minimum Gasteiger partial charge on any atom is -0.481 e. The maximum atomic E-state index is 12.9. The van der Waals surface area contributed by atoms with Gasteiger partial charge in [-0.2, -0.15) is 0 Å². The topological polar surface area (TPSA) is 116 Å². The van der Waals surface area contributed by atoms with E-state index in [1.807, 2.05) is 48.5 Å². The molecular formula is C25H30N2O6. The van der Waals surface area contributed by atoms with E-state index < -0.39 is 18.1 Å². The Hall–Kier alpha value is -3.39. The second-order valence-electron chi connectivity index (χ2n) is 7.95. The molecule has 0 saturated heterocycles. The van der Waals surface area contributed by atoms with Crippen LogP contribution in [0.3, 0.4) is 0 Å². The molecule has 1 aliphatic rings. The number of fused-ring (bicyclic) bond motifs is 3. The minimum atomic E-state index is -1.06. The zero-order valence-electron chi connectivity index (χ0n) is 18.7. The summed E-state index contributed by atoms with van der Waals surface area (Å²) < 4.78 is 5.51. The molecule has 0 heterocycles. The maximum Gasteiger partial charge on any atom is 0.407 e. The number of nitrogens with zero attached hydrogens (tertiary/aromatic N) is 1. The molecule has 176 valence electrons. The van der Waals surface area contributed by atoms with Crippen LogP contribution < -0.4 is 5.32 Å². The highest BCUT2D eigenvalue weighted by molar-refractivity contribution is 5.86. The second kappa shape index (κ2) is 11.5. The lowest BCUT2D eigenvalue weighted by Gasteiger charge is -2.26. The third-order valence-electron chi connectivity index (χ3n) is 5.86. The van der Waals surface area contributed by atoms with Crippen LogP contribution in [0.1, 0.15) is 43.2 Å². The van der Waals surface area contributed by atoms with Crippen molar-refractivity contribution in [3.8, 4) is 11.1 Å². The first-order valence-corrected chi connectivity index (χ1v) is 11.2. The van der Waals surface area contributed by atoms with Gasteiger partial charge in [-0.15, -0.1) is 0 Å². The number of aliphatic carboxylic acids is 1. The van der Waals surface area contributed by atoms with Crippen LogP contribution in [0.5, 0.6) is 0 Å². The molecule has 0 spiro atoms. The van der Waals surface area contributed by atoms with Gasteiger partial charge in [0, 0.05) is 32.0 Å². The molecule has 1 unspecified atom stereocenters. The summed E-state index contributed by atoms with van der Waals surface area (Å²) in [5.74, 6) is -1.56. The van der Waals surface area contributed by atoms with E-state index in [0.717, 1.165) is 22.3 Å². The van der Waals surface area contributed by atoms with Crippen LogP contribution in [0.15, 0.2) is 48.5 Å². The number of carbonyl (C=O) groups excluding carboxylic acids is 2. The number of carbonyl (C=O) groups is 3. The molecule has 8 nitrogen and oxygen atoms in total. The maximum absolute atomic E-state index is 12.9. The first-order chi connectivity index (χ1) is 16.0. The van der Waals surface area contributed by atoms with Crippen molar-refractivity contribution in [1.82, 2.24) is 10.2 Å². The molecule has 1 aliphatic carbocycles. The fourth-order valence-corrected chi connectivity index (χ4v) is 4.21. The van der Waals surface area contributed by atoms with Gasteiger partial charge >= 0.3 is 12.1 Å². The molecule has 8 heteroatoms. The molecule has 0 radical (unpaired) electrons. The van der Waals surface area contributed by atoms with E-state index in [1.54, 1.807) is 6.92 Å². The van der Waals surface area contributed by atoms with Gasteiger partial charge in [-0.05, 0) is 42.0 Å². The molecule has 33 heavy (non-hydrogen) atoms. The lowest BCUT2D eigenvalue weighted by molar-refractivity contribution is -0.138. The Morgan fingerprint density at radius 3 is 2.21 bits per heavy atom. The van der Waals surface area contributed by atoms with Crippen molar-refractivity contribution in [3.05, 3.63) is 59.7 Å². The summed E-state index contributed by atoms with van der Waals surface area (Å²) in [6.07, 6.45) is -0.680. The predicted molar refractivity (Wildman–Crippen MR) is 123 cm³/mol. The summed E-state index contributed by atoms with van der Waals surface area (Å²) in [6, 6.07) is 14.9. The number of aliphatic hydroxyl groups excluding tert-OH is 1. The zero-order valence-corrected chi connectivity index (χ0v) is 18.7. The number of hydrogen-bond donors (Lipinski definition) is 3. The SMILES string of the molecule is CCN(CCCO)C(=O)C(CCC(=O)O)NC(=O)OCC1c2ccccc2-c2ccccc21. The van der Waals surface area contributed by atoms with Gasteiger partial charge in [-0.25, -0.2) is 4.79 Å². The third kappa shape index (κ3) is 5.90. The Morgan fingerprint density at radius 1 is 1.06 bits per heavy atom. The van der Waals surface area contributed by atoms with E-state index in [2.05, 4.69) is 5.32 Å². The van der Waals surface area contributed by atoms with Crippen LogP contribution in [-0.2, 0) is 14.3 Å². The average molecular weight is 455 g/mol. The molecule has 3 N–H and O–H groups in total. The number of hydrogen-bond acceptors (Lipinski definition) is 5. The van der Waals surface area contributed by atoms with Crippen LogP contribution in [-0.4, -0.2) is 65.4 Å². The van der Waals surface area contributed by atoms with E-state index in [1.165, 1.54) is 4.90 Å². The molecule has 3 rings (SSSR count). The van der Waals surface area contributed by atoms with Crippen molar-refractivity contribution >= 4 is 18.0 Å². The monoisotopic (exact) mass is 454 g/mol. The number of likely N-dealkylation sites (N-methyl/N-ethyl adjacent to an activating group) is 1. The molecule has 0 aromatic heterocycles. The van der Waals surface area contributed by atoms with E-state index in [9.17, 15) is 14.4 Å². The van der Waals surface area contributed by atoms with Crippen molar-refractivity contribution in [2.75, 3.05) is 26.3 Å². The first-order valence-electron chi connectivity index (χ1n) is 11.2. The molecule has 2 aromatic carbocycles. The smallest absolute Gasteiger partial charge is 0.407 e. The molecule has 0 bridgehead atoms. The molecule has 2 amide bonds. The standard InChI is InChI=1S/C25H30N2O6/c1-2-27(14-7-15-28)24(31)22(12-13-23(29)30)26-25(32)33-16-21-19-10-5-3-8-17(19)18-9-4-6-11-20(18)21/h3-6,8-11,21-22,28H,2,7,12-16H2,1H3,(H,26,32)(H,29,30). The van der Waals surface area contributed by atoms with Crippen LogP contribution >= 0.6 is 0 Å². The highest BCUT2D eigenvalue weighted by atomic mass is 16.5. The lowest BCUT2D eigenvalue weighted by atomic mass is 9.98. The van der Waals surface area contributed by atoms with Crippen molar-refractivity contribution < 1.29 is 29.3 Å². The summed E-state index contributed by atoms with van der Waals surface area (Å²) in [5.41, 5.74) is 4.37. The molecule has 0 saturated carbocycles. The largest absolute Gasteiger partial charge is 0.481 e. The average Bonchev–Trinajstić information content (AvgIpc) is 3.14. The number of nitrogens with one attached hydrogen (secondary N) is 1. The summed E-state index contributed by atoms with van der Waals surface area (Å²) >= 11 is 0. The fourth-order valence-electron chi connectivity index (χ4n) is 4.21. The number of carboxylic acids is 1. The number of aliphatic hydroxyl groups is 1. The summed E-state index contributed by atoms with van der Waals surface area (Å²) in [7, 11) is 0. The van der Waals surface area contributed by atoms with Gasteiger partial charge < -0.3 is 25.2 Å². The Kier molecular flexibility index (Phi) is 8.43. The second-order valence-corrected chi connectivity index (χ2v) is 7.95. The van der Waals surface area contributed by atoms with Crippen LogP contribution in [0.2, 0.25) is 0 Å².